The number of rotatable bonds is 12. The molecular weight excluding hydrogens is 292 g/mol. The minimum absolute atomic E-state index is 0.194. The van der Waals surface area contributed by atoms with E-state index in [1.54, 1.807) is 6.92 Å². The lowest BCUT2D eigenvalue weighted by molar-refractivity contribution is -0.109. The number of carbonyl (C=O) groups is 1. The van der Waals surface area contributed by atoms with Gasteiger partial charge in [-0.25, -0.2) is 0 Å². The predicted molar refractivity (Wildman–Crippen MR) is 87.0 cm³/mol. The Kier molecular flexibility index (Phi) is 11.8. The van der Waals surface area contributed by atoms with Gasteiger partial charge in [0, 0.05) is 38.0 Å². The summed E-state index contributed by atoms with van der Waals surface area (Å²) in [4.78, 5) is 11.0. The van der Waals surface area contributed by atoms with Gasteiger partial charge in [-0.05, 0) is 33.6 Å². The highest BCUT2D eigenvalue weighted by atomic mass is 32.2. The van der Waals surface area contributed by atoms with Crippen LogP contribution in [0, 0.1) is 0 Å². The van der Waals surface area contributed by atoms with E-state index < -0.39 is 8.80 Å². The Morgan fingerprint density at radius 2 is 1.55 bits per heavy atom. The van der Waals surface area contributed by atoms with Gasteiger partial charge in [-0.2, -0.15) is 0 Å². The summed E-state index contributed by atoms with van der Waals surface area (Å²) in [6.45, 7) is 11.5. The first kappa shape index (κ1) is 20.1. The lowest BCUT2D eigenvalue weighted by atomic mass is 10.2. The van der Waals surface area contributed by atoms with Crippen LogP contribution in [-0.4, -0.2) is 39.0 Å². The molecule has 0 N–H and O–H groups in total. The van der Waals surface area contributed by atoms with Crippen molar-refractivity contribution >= 4 is 25.7 Å². The van der Waals surface area contributed by atoms with Crippen LogP contribution in [0.15, 0.2) is 0 Å². The maximum atomic E-state index is 11.0. The molecule has 1 unspecified atom stereocenters. The van der Waals surface area contributed by atoms with Crippen molar-refractivity contribution in [2.75, 3.05) is 19.8 Å². The molecule has 0 bridgehead atoms. The zero-order valence-corrected chi connectivity index (χ0v) is 15.4. The van der Waals surface area contributed by atoms with Crippen molar-refractivity contribution < 1.29 is 18.1 Å². The van der Waals surface area contributed by atoms with Gasteiger partial charge in [0.15, 0.2) is 5.12 Å². The van der Waals surface area contributed by atoms with Crippen LogP contribution >= 0.6 is 11.8 Å². The molecule has 0 saturated carbocycles. The average molecular weight is 323 g/mol. The Morgan fingerprint density at radius 3 is 1.95 bits per heavy atom. The number of hydrogen-bond acceptors (Lipinski definition) is 5. The van der Waals surface area contributed by atoms with E-state index in [2.05, 4.69) is 6.92 Å². The molecule has 0 aromatic rings. The molecule has 0 amide bonds. The average Bonchev–Trinajstić information content (AvgIpc) is 2.35. The standard InChI is InChI=1S/C14H30O4SSi/c1-6-16-20(17-7-2,18-8-3)12-10-9-11-13(4)19-14(5)15/h13H,6-12H2,1-5H3. The summed E-state index contributed by atoms with van der Waals surface area (Å²) < 4.78 is 17.5. The normalized spacial score (nSPS) is 13.4. The summed E-state index contributed by atoms with van der Waals surface area (Å²) in [6.07, 6.45) is 3.14. The fourth-order valence-electron chi connectivity index (χ4n) is 2.12. The minimum atomic E-state index is -2.47. The third-order valence-corrected chi connectivity index (χ3v) is 6.92. The molecule has 0 rings (SSSR count). The Bertz CT molecular complexity index is 247. The van der Waals surface area contributed by atoms with Gasteiger partial charge in [0.25, 0.3) is 0 Å². The molecule has 0 saturated heterocycles. The minimum Gasteiger partial charge on any atom is -0.374 e. The third kappa shape index (κ3) is 9.13. The van der Waals surface area contributed by atoms with Crippen LogP contribution in [-0.2, 0) is 18.1 Å². The van der Waals surface area contributed by atoms with Crippen molar-refractivity contribution in [3.8, 4) is 0 Å². The maximum Gasteiger partial charge on any atom is 0.500 e. The van der Waals surface area contributed by atoms with Gasteiger partial charge >= 0.3 is 8.80 Å². The van der Waals surface area contributed by atoms with Crippen LogP contribution in [0.3, 0.4) is 0 Å². The molecule has 20 heavy (non-hydrogen) atoms. The molecular formula is C14H30O4SSi. The van der Waals surface area contributed by atoms with Crippen molar-refractivity contribution in [3.05, 3.63) is 0 Å². The molecule has 120 valence electrons. The highest BCUT2D eigenvalue weighted by Gasteiger charge is 2.39. The number of carbonyl (C=O) groups excluding carboxylic acids is 1. The molecule has 1 atom stereocenters. The number of hydrogen-bond donors (Lipinski definition) is 0. The molecule has 0 radical (unpaired) electrons. The second kappa shape index (κ2) is 11.7. The Balaban J connectivity index is 4.14. The Morgan fingerprint density at radius 1 is 1.05 bits per heavy atom. The first-order chi connectivity index (χ1) is 9.49. The zero-order chi connectivity index (χ0) is 15.4. The summed E-state index contributed by atoms with van der Waals surface area (Å²) in [5.41, 5.74) is 0. The van der Waals surface area contributed by atoms with Crippen LogP contribution < -0.4 is 0 Å². The molecule has 4 nitrogen and oxygen atoms in total. The molecule has 0 aromatic heterocycles. The van der Waals surface area contributed by atoms with E-state index in [0.29, 0.717) is 25.1 Å². The van der Waals surface area contributed by atoms with E-state index in [1.807, 2.05) is 20.8 Å². The molecule has 0 aliphatic carbocycles. The highest BCUT2D eigenvalue weighted by molar-refractivity contribution is 8.14. The van der Waals surface area contributed by atoms with Gasteiger partial charge < -0.3 is 13.3 Å². The van der Waals surface area contributed by atoms with Crippen molar-refractivity contribution in [1.29, 1.82) is 0 Å². The molecule has 0 fully saturated rings. The van der Waals surface area contributed by atoms with Gasteiger partial charge in [0.1, 0.15) is 0 Å². The summed E-state index contributed by atoms with van der Waals surface area (Å²) in [5, 5.41) is 0.578. The van der Waals surface area contributed by atoms with Gasteiger partial charge in [-0.1, -0.05) is 25.1 Å². The largest absolute Gasteiger partial charge is 0.500 e. The second-order valence-electron chi connectivity index (χ2n) is 4.65. The maximum absolute atomic E-state index is 11.0. The fourth-order valence-corrected chi connectivity index (χ4v) is 5.65. The summed E-state index contributed by atoms with van der Waals surface area (Å²) in [7, 11) is -2.47. The predicted octanol–water partition coefficient (Wildman–Crippen LogP) is 3.87. The molecule has 0 aromatic carbocycles. The number of unbranched alkanes of at least 4 members (excludes halogenated alkanes) is 1. The van der Waals surface area contributed by atoms with Crippen molar-refractivity contribution in [1.82, 2.24) is 0 Å². The molecule has 0 heterocycles. The van der Waals surface area contributed by atoms with E-state index in [1.165, 1.54) is 11.8 Å². The van der Waals surface area contributed by atoms with Crippen molar-refractivity contribution in [3.63, 3.8) is 0 Å². The van der Waals surface area contributed by atoms with Crippen LogP contribution in [0.4, 0.5) is 0 Å². The van der Waals surface area contributed by atoms with Gasteiger partial charge in [-0.3, -0.25) is 4.79 Å². The van der Waals surface area contributed by atoms with E-state index in [-0.39, 0.29) is 5.12 Å². The Hall–Kier alpha value is 0.117. The molecule has 6 heteroatoms. The first-order valence-corrected chi connectivity index (χ1v) is 10.4. The molecule has 0 spiro atoms. The quantitative estimate of drug-likeness (QED) is 0.403. The smallest absolute Gasteiger partial charge is 0.374 e. The highest BCUT2D eigenvalue weighted by Crippen LogP contribution is 2.22. The van der Waals surface area contributed by atoms with Crippen molar-refractivity contribution in [2.24, 2.45) is 0 Å². The summed E-state index contributed by atoms with van der Waals surface area (Å²) >= 11 is 1.42. The third-order valence-electron chi connectivity index (χ3n) is 2.80. The summed E-state index contributed by atoms with van der Waals surface area (Å²) in [6, 6.07) is 0.861. The van der Waals surface area contributed by atoms with E-state index in [0.717, 1.165) is 25.3 Å². The fraction of sp³-hybridized carbons (Fsp3) is 0.929. The lowest BCUT2D eigenvalue weighted by Crippen LogP contribution is -2.45. The van der Waals surface area contributed by atoms with Crippen molar-refractivity contribution in [2.45, 2.75) is 65.2 Å². The van der Waals surface area contributed by atoms with E-state index in [9.17, 15) is 4.79 Å². The van der Waals surface area contributed by atoms with Crippen LogP contribution in [0.25, 0.3) is 0 Å². The topological polar surface area (TPSA) is 44.8 Å². The van der Waals surface area contributed by atoms with Crippen LogP contribution in [0.1, 0.15) is 53.9 Å². The molecule has 0 aliphatic heterocycles. The monoisotopic (exact) mass is 322 g/mol. The zero-order valence-electron chi connectivity index (χ0n) is 13.6. The molecule has 0 aliphatic rings. The lowest BCUT2D eigenvalue weighted by Gasteiger charge is -2.28. The van der Waals surface area contributed by atoms with Crippen LogP contribution in [0.2, 0.25) is 6.04 Å². The van der Waals surface area contributed by atoms with Gasteiger partial charge in [0.2, 0.25) is 0 Å². The van der Waals surface area contributed by atoms with Crippen LogP contribution in [0.5, 0.6) is 0 Å². The summed E-state index contributed by atoms with van der Waals surface area (Å²) in [5.74, 6) is 0. The van der Waals surface area contributed by atoms with Gasteiger partial charge in [0.05, 0.1) is 0 Å². The SMILES string of the molecule is CCO[Si](CCCCC(C)SC(C)=O)(OCC)OCC. The Labute approximate surface area is 129 Å². The van der Waals surface area contributed by atoms with E-state index >= 15 is 0 Å². The number of thioether (sulfide) groups is 1. The van der Waals surface area contributed by atoms with E-state index in [4.69, 9.17) is 13.3 Å². The second-order valence-corrected chi connectivity index (χ2v) is 9.00. The van der Waals surface area contributed by atoms with Gasteiger partial charge in [-0.15, -0.1) is 0 Å². The first-order valence-electron chi connectivity index (χ1n) is 7.58.